The molecule has 0 fully saturated rings. The third kappa shape index (κ3) is 1.44. The molecule has 0 saturated heterocycles. The van der Waals surface area contributed by atoms with Crippen LogP contribution in [0, 0.1) is 6.92 Å². The molecule has 0 saturated carbocycles. The molecule has 0 amide bonds. The zero-order valence-corrected chi connectivity index (χ0v) is 8.32. The molecule has 0 radical (unpaired) electrons. The van der Waals surface area contributed by atoms with Crippen molar-refractivity contribution in [2.75, 3.05) is 0 Å². The Morgan fingerprint density at radius 2 is 2.10 bits per heavy atom. The maximum absolute atomic E-state index is 3.84. The van der Waals surface area contributed by atoms with Gasteiger partial charge in [-0.15, -0.1) is 5.10 Å². The Labute approximate surface area is 73.1 Å². The summed E-state index contributed by atoms with van der Waals surface area (Å²) in [5.41, 5.74) is 0. The van der Waals surface area contributed by atoms with Crippen LogP contribution in [0.3, 0.4) is 0 Å². The van der Waals surface area contributed by atoms with Crippen LogP contribution < -0.4 is 0 Å². The van der Waals surface area contributed by atoms with E-state index in [0.717, 1.165) is 5.82 Å². The highest BCUT2D eigenvalue weighted by Gasteiger charge is 2.18. The normalized spacial score (nSPS) is 12.0. The van der Waals surface area contributed by atoms with E-state index in [0.29, 0.717) is 0 Å². The second kappa shape index (κ2) is 2.44. The molecule has 0 spiro atoms. The Morgan fingerprint density at radius 3 is 2.30 bits per heavy atom. The topological polar surface area (TPSA) is 43.6 Å². The van der Waals surface area contributed by atoms with Crippen LogP contribution in [0.5, 0.6) is 0 Å². The van der Waals surface area contributed by atoms with Gasteiger partial charge in [-0.3, -0.25) is 0 Å². The van der Waals surface area contributed by atoms with Gasteiger partial charge in [0.25, 0.3) is 0 Å². The van der Waals surface area contributed by atoms with Gasteiger partial charge >= 0.3 is 0 Å². The van der Waals surface area contributed by atoms with Crippen LogP contribution in [0.15, 0.2) is 0 Å². The minimum atomic E-state index is -0.0364. The van der Waals surface area contributed by atoms with Crippen LogP contribution in [0.4, 0.5) is 0 Å². The monoisotopic (exact) mass is 252 g/mol. The Morgan fingerprint density at radius 1 is 1.50 bits per heavy atom. The molecule has 1 rings (SSSR count). The lowest BCUT2D eigenvalue weighted by Gasteiger charge is -2.16. The van der Waals surface area contributed by atoms with Crippen molar-refractivity contribution in [3.63, 3.8) is 0 Å². The average molecular weight is 252 g/mol. The zero-order chi connectivity index (χ0) is 7.78. The number of halogens is 1. The minimum absolute atomic E-state index is 0.0364. The number of alkyl halides is 1. The fourth-order valence-electron chi connectivity index (χ4n) is 0.723. The molecular weight excluding hydrogens is 243 g/mol. The molecule has 0 unspecified atom stereocenters. The number of aromatic nitrogens is 4. The second-order valence-corrected chi connectivity index (χ2v) is 5.19. The largest absolute Gasteiger partial charge is 0.215 e. The zero-order valence-electron chi connectivity index (χ0n) is 6.17. The summed E-state index contributed by atoms with van der Waals surface area (Å²) in [7, 11) is 0. The first-order chi connectivity index (χ1) is 4.52. The maximum atomic E-state index is 3.84. The summed E-state index contributed by atoms with van der Waals surface area (Å²) in [6.45, 7) is 5.99. The molecule has 0 aliphatic rings. The van der Waals surface area contributed by atoms with Crippen molar-refractivity contribution in [2.24, 2.45) is 0 Å². The molecule has 4 nitrogen and oxygen atoms in total. The molecule has 0 aliphatic heterocycles. The van der Waals surface area contributed by atoms with Crippen molar-refractivity contribution >= 4 is 22.6 Å². The standard InChI is InChI=1S/C5H9IN4/c1-4-7-8-9-10(4)5(2,3)6/h1-3H3. The van der Waals surface area contributed by atoms with Crippen LogP contribution in [-0.2, 0) is 3.55 Å². The summed E-state index contributed by atoms with van der Waals surface area (Å²) >= 11 is 2.29. The first kappa shape index (κ1) is 7.90. The molecule has 56 valence electrons. The smallest absolute Gasteiger partial charge is 0.149 e. The molecule has 1 aromatic heterocycles. The molecule has 10 heavy (non-hydrogen) atoms. The summed E-state index contributed by atoms with van der Waals surface area (Å²) in [5, 5.41) is 11.2. The molecule has 0 atom stereocenters. The predicted octanol–water partition coefficient (Wildman–Crippen LogP) is 1.11. The molecule has 5 heteroatoms. The van der Waals surface area contributed by atoms with Gasteiger partial charge in [-0.25, -0.2) is 4.68 Å². The van der Waals surface area contributed by atoms with Gasteiger partial charge in [-0.05, 0) is 31.2 Å². The number of hydrogen-bond donors (Lipinski definition) is 0. The molecule has 0 aromatic carbocycles. The molecule has 0 aliphatic carbocycles. The third-order valence-corrected chi connectivity index (χ3v) is 1.59. The summed E-state index contributed by atoms with van der Waals surface area (Å²) in [6.07, 6.45) is 0. The highest BCUT2D eigenvalue weighted by Crippen LogP contribution is 2.22. The quantitative estimate of drug-likeness (QED) is 0.555. The van der Waals surface area contributed by atoms with Gasteiger partial charge in [-0.2, -0.15) is 0 Å². The van der Waals surface area contributed by atoms with E-state index in [-0.39, 0.29) is 3.55 Å². The van der Waals surface area contributed by atoms with Gasteiger partial charge in [-0.1, -0.05) is 22.6 Å². The molecule has 1 heterocycles. The fourth-order valence-corrected chi connectivity index (χ4v) is 1.17. The van der Waals surface area contributed by atoms with Gasteiger partial charge in [0.15, 0.2) is 0 Å². The van der Waals surface area contributed by atoms with Crippen LogP contribution in [0.25, 0.3) is 0 Å². The molecule has 1 aromatic rings. The first-order valence-electron chi connectivity index (χ1n) is 2.96. The summed E-state index contributed by atoms with van der Waals surface area (Å²) in [6, 6.07) is 0. The highest BCUT2D eigenvalue weighted by atomic mass is 127. The molecule has 0 bridgehead atoms. The van der Waals surface area contributed by atoms with E-state index in [1.54, 1.807) is 4.68 Å². The summed E-state index contributed by atoms with van der Waals surface area (Å²) in [4.78, 5) is 0. The van der Waals surface area contributed by atoms with E-state index >= 15 is 0 Å². The van der Waals surface area contributed by atoms with E-state index in [4.69, 9.17) is 0 Å². The highest BCUT2D eigenvalue weighted by molar-refractivity contribution is 14.1. The van der Waals surface area contributed by atoms with Crippen molar-refractivity contribution < 1.29 is 0 Å². The SMILES string of the molecule is Cc1nnnn1C(C)(C)I. The van der Waals surface area contributed by atoms with E-state index in [9.17, 15) is 0 Å². The molecule has 0 N–H and O–H groups in total. The van der Waals surface area contributed by atoms with Crippen LogP contribution in [0.2, 0.25) is 0 Å². The Kier molecular flexibility index (Phi) is 1.93. The fraction of sp³-hybridized carbons (Fsp3) is 0.800. The van der Waals surface area contributed by atoms with E-state index in [1.165, 1.54) is 0 Å². The van der Waals surface area contributed by atoms with Crippen LogP contribution in [-0.4, -0.2) is 20.2 Å². The van der Waals surface area contributed by atoms with E-state index in [2.05, 4.69) is 52.0 Å². The first-order valence-corrected chi connectivity index (χ1v) is 4.04. The number of nitrogens with zero attached hydrogens (tertiary/aromatic N) is 4. The lowest BCUT2D eigenvalue weighted by atomic mass is 10.4. The van der Waals surface area contributed by atoms with Crippen molar-refractivity contribution in [1.82, 2.24) is 20.2 Å². The third-order valence-electron chi connectivity index (χ3n) is 1.13. The lowest BCUT2D eigenvalue weighted by Crippen LogP contribution is -2.20. The van der Waals surface area contributed by atoms with Crippen LogP contribution in [0.1, 0.15) is 19.7 Å². The van der Waals surface area contributed by atoms with Gasteiger partial charge in [0.2, 0.25) is 0 Å². The van der Waals surface area contributed by atoms with Crippen molar-refractivity contribution in [3.8, 4) is 0 Å². The van der Waals surface area contributed by atoms with E-state index in [1.807, 2.05) is 6.92 Å². The summed E-state index contributed by atoms with van der Waals surface area (Å²) < 4.78 is 1.75. The summed E-state index contributed by atoms with van der Waals surface area (Å²) in [5.74, 6) is 0.847. The average Bonchev–Trinajstić information content (AvgIpc) is 2.11. The van der Waals surface area contributed by atoms with Gasteiger partial charge < -0.3 is 0 Å². The van der Waals surface area contributed by atoms with Gasteiger partial charge in [0, 0.05) is 0 Å². The van der Waals surface area contributed by atoms with Crippen LogP contribution >= 0.6 is 22.6 Å². The lowest BCUT2D eigenvalue weighted by molar-refractivity contribution is 0.478. The predicted molar refractivity (Wildman–Crippen MR) is 45.9 cm³/mol. The molecular formula is C5H9IN4. The Bertz CT molecular complexity index is 224. The number of aryl methyl sites for hydroxylation is 1. The Balaban J connectivity index is 3.05. The van der Waals surface area contributed by atoms with Crippen molar-refractivity contribution in [3.05, 3.63) is 5.82 Å². The van der Waals surface area contributed by atoms with Gasteiger partial charge in [0.05, 0.1) is 0 Å². The maximum Gasteiger partial charge on any atom is 0.149 e. The van der Waals surface area contributed by atoms with E-state index < -0.39 is 0 Å². The number of tetrazole rings is 1. The van der Waals surface area contributed by atoms with Gasteiger partial charge in [0.1, 0.15) is 9.37 Å². The van der Waals surface area contributed by atoms with Crippen molar-refractivity contribution in [1.29, 1.82) is 0 Å². The minimum Gasteiger partial charge on any atom is -0.215 e. The number of hydrogen-bond acceptors (Lipinski definition) is 3. The number of rotatable bonds is 1. The van der Waals surface area contributed by atoms with Crippen molar-refractivity contribution in [2.45, 2.75) is 24.3 Å². The second-order valence-electron chi connectivity index (χ2n) is 2.55. The Hall–Kier alpha value is -0.200.